The Morgan fingerprint density at radius 1 is 1.04 bits per heavy atom. The average molecular weight is 353 g/mol. The first-order chi connectivity index (χ1) is 11.8. The number of allylic oxidation sites excluding steroid dienone is 2. The molecule has 1 aliphatic heterocycles. The molecule has 0 aromatic carbocycles. The summed E-state index contributed by atoms with van der Waals surface area (Å²) in [5, 5.41) is 28.1. The second-order valence-corrected chi connectivity index (χ2v) is 6.95. The third-order valence-corrected chi connectivity index (χ3v) is 5.81. The summed E-state index contributed by atoms with van der Waals surface area (Å²) in [5.74, 6) is 0. The van der Waals surface area contributed by atoms with Crippen LogP contribution in [-0.4, -0.2) is 31.3 Å². The SMILES string of the molecule is N#CC(C#N)=C(C#N)c1ccc(-c2cnc(N3CCOCC3)s2)s1. The zero-order chi connectivity index (χ0) is 16.9. The van der Waals surface area contributed by atoms with Crippen LogP contribution in [0.1, 0.15) is 4.88 Å². The van der Waals surface area contributed by atoms with Gasteiger partial charge in [0.2, 0.25) is 0 Å². The number of anilines is 1. The first-order valence-electron chi connectivity index (χ1n) is 7.10. The van der Waals surface area contributed by atoms with Crippen LogP contribution in [0.25, 0.3) is 15.3 Å². The van der Waals surface area contributed by atoms with Gasteiger partial charge in [0.15, 0.2) is 5.13 Å². The lowest BCUT2D eigenvalue weighted by Gasteiger charge is -2.25. The van der Waals surface area contributed by atoms with Crippen molar-refractivity contribution in [1.82, 2.24) is 4.98 Å². The number of ether oxygens (including phenoxy) is 1. The maximum Gasteiger partial charge on any atom is 0.186 e. The van der Waals surface area contributed by atoms with Crippen LogP contribution in [0.15, 0.2) is 23.9 Å². The molecule has 0 N–H and O–H groups in total. The molecule has 0 bridgehead atoms. The second-order valence-electron chi connectivity index (χ2n) is 4.86. The molecule has 6 nitrogen and oxygen atoms in total. The minimum Gasteiger partial charge on any atom is -0.378 e. The number of nitriles is 3. The van der Waals surface area contributed by atoms with E-state index in [1.54, 1.807) is 29.5 Å². The standard InChI is InChI=1S/C16H11N5OS2/c17-7-11(8-18)12(9-19)13-1-2-14(23-13)15-10-20-16(24-15)21-3-5-22-6-4-21/h1-2,10H,3-6H2. The largest absolute Gasteiger partial charge is 0.378 e. The van der Waals surface area contributed by atoms with Gasteiger partial charge >= 0.3 is 0 Å². The van der Waals surface area contributed by atoms with Crippen LogP contribution in [0.4, 0.5) is 5.13 Å². The predicted octanol–water partition coefficient (Wildman–Crippen LogP) is 3.03. The van der Waals surface area contributed by atoms with Gasteiger partial charge in [-0.15, -0.1) is 11.3 Å². The van der Waals surface area contributed by atoms with Gasteiger partial charge in [-0.1, -0.05) is 11.3 Å². The maximum absolute atomic E-state index is 9.23. The summed E-state index contributed by atoms with van der Waals surface area (Å²) < 4.78 is 5.35. The molecule has 0 unspecified atom stereocenters. The predicted molar refractivity (Wildman–Crippen MR) is 92.2 cm³/mol. The minimum atomic E-state index is -0.163. The molecule has 1 aliphatic rings. The summed E-state index contributed by atoms with van der Waals surface area (Å²) in [6.45, 7) is 3.08. The van der Waals surface area contributed by atoms with E-state index in [9.17, 15) is 5.26 Å². The molecular formula is C16H11N5OS2. The Kier molecular flexibility index (Phi) is 4.88. The Morgan fingerprint density at radius 2 is 1.79 bits per heavy atom. The van der Waals surface area contributed by atoms with Crippen molar-refractivity contribution in [3.63, 3.8) is 0 Å². The van der Waals surface area contributed by atoms with Crippen LogP contribution in [0.5, 0.6) is 0 Å². The van der Waals surface area contributed by atoms with Gasteiger partial charge in [-0.3, -0.25) is 0 Å². The molecule has 0 saturated carbocycles. The van der Waals surface area contributed by atoms with E-state index in [0.29, 0.717) is 18.1 Å². The van der Waals surface area contributed by atoms with E-state index in [2.05, 4.69) is 9.88 Å². The third-order valence-electron chi connectivity index (χ3n) is 3.46. The Balaban J connectivity index is 1.88. The molecule has 2 aromatic heterocycles. The van der Waals surface area contributed by atoms with Crippen LogP contribution in [0.2, 0.25) is 0 Å². The second kappa shape index (κ2) is 7.25. The number of aromatic nitrogens is 1. The number of morpholine rings is 1. The smallest absolute Gasteiger partial charge is 0.186 e. The van der Waals surface area contributed by atoms with E-state index in [1.165, 1.54) is 11.3 Å². The van der Waals surface area contributed by atoms with Crippen molar-refractivity contribution >= 4 is 33.4 Å². The summed E-state index contributed by atoms with van der Waals surface area (Å²) >= 11 is 2.97. The van der Waals surface area contributed by atoms with Crippen molar-refractivity contribution in [2.24, 2.45) is 0 Å². The fraction of sp³-hybridized carbons (Fsp3) is 0.250. The van der Waals surface area contributed by atoms with Crippen LogP contribution in [-0.2, 0) is 4.74 Å². The zero-order valence-electron chi connectivity index (χ0n) is 12.5. The lowest BCUT2D eigenvalue weighted by atomic mass is 10.1. The van der Waals surface area contributed by atoms with Gasteiger partial charge in [-0.05, 0) is 12.1 Å². The molecule has 24 heavy (non-hydrogen) atoms. The number of hydrogen-bond donors (Lipinski definition) is 0. The fourth-order valence-corrected chi connectivity index (χ4v) is 4.31. The molecule has 3 heterocycles. The highest BCUT2D eigenvalue weighted by molar-refractivity contribution is 7.24. The highest BCUT2D eigenvalue weighted by Crippen LogP contribution is 2.37. The molecule has 0 amide bonds. The van der Waals surface area contributed by atoms with Crippen LogP contribution in [0.3, 0.4) is 0 Å². The molecule has 3 rings (SSSR count). The molecule has 0 atom stereocenters. The highest BCUT2D eigenvalue weighted by atomic mass is 32.1. The maximum atomic E-state index is 9.23. The summed E-state index contributed by atoms with van der Waals surface area (Å²) in [7, 11) is 0. The number of thiazole rings is 1. The Bertz CT molecular complexity index is 884. The monoisotopic (exact) mass is 353 g/mol. The van der Waals surface area contributed by atoms with Crippen molar-refractivity contribution in [1.29, 1.82) is 15.8 Å². The first-order valence-corrected chi connectivity index (χ1v) is 8.73. The van der Waals surface area contributed by atoms with E-state index in [-0.39, 0.29) is 11.1 Å². The normalized spacial score (nSPS) is 13.6. The third kappa shape index (κ3) is 3.15. The number of hydrogen-bond acceptors (Lipinski definition) is 8. The van der Waals surface area contributed by atoms with E-state index >= 15 is 0 Å². The average Bonchev–Trinajstić information content (AvgIpc) is 3.29. The van der Waals surface area contributed by atoms with Crippen LogP contribution in [0, 0.1) is 34.0 Å². The topological polar surface area (TPSA) is 96.7 Å². The Hall–Kier alpha value is -2.70. The van der Waals surface area contributed by atoms with Gasteiger partial charge in [-0.2, -0.15) is 15.8 Å². The van der Waals surface area contributed by atoms with Crippen molar-refractivity contribution in [3.05, 3.63) is 28.8 Å². The first kappa shape index (κ1) is 16.2. The molecule has 0 aliphatic carbocycles. The van der Waals surface area contributed by atoms with Gasteiger partial charge < -0.3 is 9.64 Å². The fourth-order valence-electron chi connectivity index (χ4n) is 2.26. The molecular weight excluding hydrogens is 342 g/mol. The van der Waals surface area contributed by atoms with Gasteiger partial charge in [0, 0.05) is 29.0 Å². The van der Waals surface area contributed by atoms with E-state index < -0.39 is 0 Å². The molecule has 118 valence electrons. The van der Waals surface area contributed by atoms with Gasteiger partial charge in [0.25, 0.3) is 0 Å². The van der Waals surface area contributed by atoms with Crippen molar-refractivity contribution < 1.29 is 4.74 Å². The zero-order valence-corrected chi connectivity index (χ0v) is 14.2. The summed E-state index contributed by atoms with van der Waals surface area (Å²) in [5.41, 5.74) is -0.0432. The molecule has 1 saturated heterocycles. The van der Waals surface area contributed by atoms with Crippen molar-refractivity contribution in [2.75, 3.05) is 31.2 Å². The molecule has 1 fully saturated rings. The molecule has 8 heteroatoms. The Morgan fingerprint density at radius 3 is 2.46 bits per heavy atom. The molecule has 0 spiro atoms. The van der Waals surface area contributed by atoms with Crippen molar-refractivity contribution in [3.8, 4) is 28.0 Å². The van der Waals surface area contributed by atoms with Gasteiger partial charge in [0.1, 0.15) is 23.8 Å². The molecule has 0 radical (unpaired) electrons. The van der Waals surface area contributed by atoms with E-state index in [0.717, 1.165) is 28.0 Å². The number of rotatable bonds is 3. The lowest BCUT2D eigenvalue weighted by molar-refractivity contribution is 0.122. The van der Waals surface area contributed by atoms with Crippen LogP contribution >= 0.6 is 22.7 Å². The number of thiophene rings is 1. The Labute approximate surface area is 147 Å². The van der Waals surface area contributed by atoms with Crippen LogP contribution < -0.4 is 4.90 Å². The lowest BCUT2D eigenvalue weighted by Crippen LogP contribution is -2.36. The number of nitrogens with zero attached hydrogens (tertiary/aromatic N) is 5. The summed E-state index contributed by atoms with van der Waals surface area (Å²) in [4.78, 5) is 9.24. The quantitative estimate of drug-likeness (QED) is 0.787. The highest BCUT2D eigenvalue weighted by Gasteiger charge is 2.17. The minimum absolute atomic E-state index is 0.120. The van der Waals surface area contributed by atoms with Gasteiger partial charge in [0.05, 0.1) is 23.7 Å². The molecule has 2 aromatic rings. The van der Waals surface area contributed by atoms with E-state index in [4.69, 9.17) is 15.3 Å². The summed E-state index contributed by atoms with van der Waals surface area (Å²) in [6, 6.07) is 9.15. The van der Waals surface area contributed by atoms with Gasteiger partial charge in [-0.25, -0.2) is 4.98 Å². The summed E-state index contributed by atoms with van der Waals surface area (Å²) in [6.07, 6.45) is 1.82. The van der Waals surface area contributed by atoms with E-state index in [1.807, 2.05) is 18.3 Å². The van der Waals surface area contributed by atoms with Crippen molar-refractivity contribution in [2.45, 2.75) is 0 Å².